The predicted molar refractivity (Wildman–Crippen MR) is 90.8 cm³/mol. The Morgan fingerprint density at radius 1 is 1.32 bits per heavy atom. The van der Waals surface area contributed by atoms with Crippen LogP contribution in [0.1, 0.15) is 12.0 Å². The number of amides is 2. The van der Waals surface area contributed by atoms with Crippen LogP contribution in [0.15, 0.2) is 47.7 Å². The Morgan fingerprint density at radius 2 is 2.04 bits per heavy atom. The van der Waals surface area contributed by atoms with E-state index >= 15 is 0 Å². The number of nitrogens with one attached hydrogen (secondary N) is 1. The van der Waals surface area contributed by atoms with Crippen LogP contribution >= 0.6 is 0 Å². The fourth-order valence-electron chi connectivity index (χ4n) is 2.94. The molecule has 3 rings (SSSR count). The number of benzene rings is 1. The number of likely N-dealkylation sites (N-methyl/N-ethyl adjacent to an activating group) is 1. The number of hydrogen-bond acceptors (Lipinski definition) is 5. The Morgan fingerprint density at radius 3 is 2.64 bits per heavy atom. The zero-order chi connectivity index (χ0) is 18.0. The van der Waals surface area contributed by atoms with Crippen molar-refractivity contribution in [3.63, 3.8) is 0 Å². The van der Waals surface area contributed by atoms with Crippen molar-refractivity contribution in [1.82, 2.24) is 19.8 Å². The SMILES string of the molecule is CN1C(=O)C(NCc2ccc(-n3ccncc3=O)cc2)CC1C(N)=O. The third-order valence-corrected chi connectivity index (χ3v) is 4.39. The second-order valence-electron chi connectivity index (χ2n) is 5.99. The lowest BCUT2D eigenvalue weighted by molar-refractivity contribution is -0.133. The molecular weight excluding hydrogens is 322 g/mol. The molecule has 1 saturated heterocycles. The number of hydrogen-bond donors (Lipinski definition) is 2. The molecule has 1 aromatic heterocycles. The van der Waals surface area contributed by atoms with E-state index in [1.807, 2.05) is 24.3 Å². The molecule has 0 saturated carbocycles. The first-order valence-electron chi connectivity index (χ1n) is 7.88. The van der Waals surface area contributed by atoms with E-state index in [4.69, 9.17) is 5.73 Å². The van der Waals surface area contributed by atoms with E-state index < -0.39 is 18.0 Å². The maximum atomic E-state index is 12.1. The van der Waals surface area contributed by atoms with Crippen molar-refractivity contribution in [1.29, 1.82) is 0 Å². The van der Waals surface area contributed by atoms with Gasteiger partial charge in [-0.2, -0.15) is 0 Å². The molecule has 1 aliphatic heterocycles. The van der Waals surface area contributed by atoms with Gasteiger partial charge in [-0.3, -0.25) is 23.9 Å². The number of rotatable bonds is 5. The summed E-state index contributed by atoms with van der Waals surface area (Å²) in [7, 11) is 1.58. The summed E-state index contributed by atoms with van der Waals surface area (Å²) < 4.78 is 1.50. The van der Waals surface area contributed by atoms with Gasteiger partial charge in [0.15, 0.2) is 0 Å². The molecule has 2 heterocycles. The summed E-state index contributed by atoms with van der Waals surface area (Å²) in [5.41, 5.74) is 6.81. The number of aromatic nitrogens is 2. The van der Waals surface area contributed by atoms with Gasteiger partial charge in [0.05, 0.1) is 12.2 Å². The highest BCUT2D eigenvalue weighted by Crippen LogP contribution is 2.18. The van der Waals surface area contributed by atoms with E-state index in [1.54, 1.807) is 19.4 Å². The minimum absolute atomic E-state index is 0.135. The monoisotopic (exact) mass is 341 g/mol. The topological polar surface area (TPSA) is 110 Å². The summed E-state index contributed by atoms with van der Waals surface area (Å²) in [5.74, 6) is -0.629. The molecular formula is C17H19N5O3. The van der Waals surface area contributed by atoms with Crippen molar-refractivity contribution in [2.24, 2.45) is 5.73 Å². The minimum Gasteiger partial charge on any atom is -0.368 e. The number of carbonyl (C=O) groups is 2. The van der Waals surface area contributed by atoms with Crippen LogP contribution in [0.4, 0.5) is 0 Å². The second-order valence-corrected chi connectivity index (χ2v) is 5.99. The van der Waals surface area contributed by atoms with Crippen molar-refractivity contribution in [3.8, 4) is 5.69 Å². The predicted octanol–water partition coefficient (Wildman–Crippen LogP) is -0.593. The van der Waals surface area contributed by atoms with Crippen LogP contribution in [0.25, 0.3) is 5.69 Å². The smallest absolute Gasteiger partial charge is 0.273 e. The number of nitrogens with two attached hydrogens (primary N) is 1. The molecule has 2 aromatic rings. The minimum atomic E-state index is -0.564. The molecule has 0 spiro atoms. The van der Waals surface area contributed by atoms with Gasteiger partial charge in [0.2, 0.25) is 11.8 Å². The Hall–Kier alpha value is -3.00. The van der Waals surface area contributed by atoms with Gasteiger partial charge < -0.3 is 16.0 Å². The number of carbonyl (C=O) groups excluding carboxylic acids is 2. The lowest BCUT2D eigenvalue weighted by Crippen LogP contribution is -2.40. The quantitative estimate of drug-likeness (QED) is 0.755. The van der Waals surface area contributed by atoms with Crippen LogP contribution in [-0.4, -0.2) is 45.4 Å². The number of likely N-dealkylation sites (tertiary alicyclic amines) is 1. The maximum Gasteiger partial charge on any atom is 0.273 e. The molecule has 130 valence electrons. The van der Waals surface area contributed by atoms with Crippen molar-refractivity contribution in [2.45, 2.75) is 25.0 Å². The highest BCUT2D eigenvalue weighted by Gasteiger charge is 2.39. The number of primary amides is 1. The van der Waals surface area contributed by atoms with Crippen LogP contribution in [-0.2, 0) is 16.1 Å². The first-order valence-corrected chi connectivity index (χ1v) is 7.88. The highest BCUT2D eigenvalue weighted by molar-refractivity contribution is 5.92. The van der Waals surface area contributed by atoms with Crippen LogP contribution in [0.3, 0.4) is 0 Å². The van der Waals surface area contributed by atoms with E-state index in [9.17, 15) is 14.4 Å². The van der Waals surface area contributed by atoms with E-state index in [1.165, 1.54) is 15.7 Å². The maximum absolute atomic E-state index is 12.1. The van der Waals surface area contributed by atoms with Crippen molar-refractivity contribution in [3.05, 3.63) is 58.8 Å². The molecule has 8 heteroatoms. The fraction of sp³-hybridized carbons (Fsp3) is 0.294. The second kappa shape index (κ2) is 6.86. The third-order valence-electron chi connectivity index (χ3n) is 4.39. The average molecular weight is 341 g/mol. The van der Waals surface area contributed by atoms with Gasteiger partial charge in [-0.25, -0.2) is 0 Å². The van der Waals surface area contributed by atoms with Crippen LogP contribution in [0.2, 0.25) is 0 Å². The molecule has 0 radical (unpaired) electrons. The molecule has 3 N–H and O–H groups in total. The van der Waals surface area contributed by atoms with Gasteiger partial charge in [0.25, 0.3) is 5.56 Å². The van der Waals surface area contributed by atoms with E-state index in [2.05, 4.69) is 10.3 Å². The summed E-state index contributed by atoms with van der Waals surface area (Å²) >= 11 is 0. The molecule has 2 amide bonds. The van der Waals surface area contributed by atoms with Gasteiger partial charge in [0.1, 0.15) is 6.04 Å². The van der Waals surface area contributed by atoms with Crippen molar-refractivity contribution < 1.29 is 9.59 Å². The molecule has 1 aliphatic rings. The normalized spacial score (nSPS) is 20.0. The van der Waals surface area contributed by atoms with E-state index in [0.717, 1.165) is 11.3 Å². The molecule has 25 heavy (non-hydrogen) atoms. The Bertz CT molecular complexity index is 846. The first-order chi connectivity index (χ1) is 12.0. The summed E-state index contributed by atoms with van der Waals surface area (Å²) in [6.45, 7) is 0.473. The molecule has 1 fully saturated rings. The van der Waals surface area contributed by atoms with E-state index in [0.29, 0.717) is 13.0 Å². The van der Waals surface area contributed by atoms with Crippen molar-refractivity contribution in [2.75, 3.05) is 7.05 Å². The van der Waals surface area contributed by atoms with Crippen LogP contribution in [0, 0.1) is 0 Å². The standard InChI is InChI=1S/C17H19N5O3/c1-21-14(16(18)24)8-13(17(21)25)20-9-11-2-4-12(5-3-11)22-7-6-19-10-15(22)23/h2-7,10,13-14,20H,8-9H2,1H3,(H2,18,24). The third kappa shape index (κ3) is 3.43. The fourth-order valence-corrected chi connectivity index (χ4v) is 2.94. The Labute approximate surface area is 144 Å². The average Bonchev–Trinajstić information content (AvgIpc) is 2.89. The molecule has 0 aliphatic carbocycles. The molecule has 2 unspecified atom stereocenters. The first kappa shape index (κ1) is 16.8. The molecule has 2 atom stereocenters. The summed E-state index contributed by atoms with van der Waals surface area (Å²) in [4.78, 5) is 40.4. The van der Waals surface area contributed by atoms with Gasteiger partial charge in [0, 0.05) is 38.1 Å². The van der Waals surface area contributed by atoms with Crippen molar-refractivity contribution >= 4 is 11.8 Å². The Kier molecular flexibility index (Phi) is 4.62. The van der Waals surface area contributed by atoms with Crippen LogP contribution < -0.4 is 16.6 Å². The Balaban J connectivity index is 1.65. The van der Waals surface area contributed by atoms with Crippen LogP contribution in [0.5, 0.6) is 0 Å². The van der Waals surface area contributed by atoms with Gasteiger partial charge in [-0.15, -0.1) is 0 Å². The molecule has 1 aromatic carbocycles. The van der Waals surface area contributed by atoms with Gasteiger partial charge in [-0.1, -0.05) is 12.1 Å². The lowest BCUT2D eigenvalue weighted by Gasteiger charge is -2.15. The largest absolute Gasteiger partial charge is 0.368 e. The summed E-state index contributed by atoms with van der Waals surface area (Å²) in [5, 5.41) is 3.16. The summed E-state index contributed by atoms with van der Waals surface area (Å²) in [6.07, 6.45) is 4.78. The zero-order valence-corrected chi connectivity index (χ0v) is 13.8. The number of nitrogens with zero attached hydrogens (tertiary/aromatic N) is 3. The highest BCUT2D eigenvalue weighted by atomic mass is 16.2. The van der Waals surface area contributed by atoms with Gasteiger partial charge >= 0.3 is 0 Å². The molecule has 8 nitrogen and oxygen atoms in total. The van der Waals surface area contributed by atoms with E-state index in [-0.39, 0.29) is 11.5 Å². The summed E-state index contributed by atoms with van der Waals surface area (Å²) in [6, 6.07) is 6.42. The zero-order valence-electron chi connectivity index (χ0n) is 13.8. The van der Waals surface area contributed by atoms with Gasteiger partial charge in [-0.05, 0) is 17.7 Å². The lowest BCUT2D eigenvalue weighted by atomic mass is 10.1. The molecule has 0 bridgehead atoms.